The number of hydrogen-bond acceptors (Lipinski definition) is 9. The Hall–Kier alpha value is -3.41. The number of sulfonamides is 1. The summed E-state index contributed by atoms with van der Waals surface area (Å²) in [7, 11) is -4.27. The van der Waals surface area contributed by atoms with Gasteiger partial charge < -0.3 is 19.9 Å². The third kappa shape index (κ3) is 6.78. The highest BCUT2D eigenvalue weighted by molar-refractivity contribution is 7.90. The Morgan fingerprint density at radius 2 is 1.87 bits per heavy atom. The molecule has 2 aromatic rings. The third-order valence-corrected chi connectivity index (χ3v) is 8.04. The molecule has 2 atom stereocenters. The van der Waals surface area contributed by atoms with Crippen LogP contribution in [-0.2, 0) is 14.8 Å². The molecule has 2 amide bonds. The molecule has 2 aliphatic rings. The van der Waals surface area contributed by atoms with Crippen molar-refractivity contribution in [1.29, 1.82) is 0 Å². The van der Waals surface area contributed by atoms with Crippen molar-refractivity contribution in [3.8, 4) is 0 Å². The molecular formula is C27H38N6O5S. The van der Waals surface area contributed by atoms with Crippen LogP contribution in [-0.4, -0.2) is 67.2 Å². The summed E-state index contributed by atoms with van der Waals surface area (Å²) in [6.07, 6.45) is 2.70. The van der Waals surface area contributed by atoms with Crippen LogP contribution in [0.3, 0.4) is 0 Å². The first kappa shape index (κ1) is 28.6. The van der Waals surface area contributed by atoms with Gasteiger partial charge in [-0.2, -0.15) is 8.42 Å². The normalized spacial score (nSPS) is 21.1. The fourth-order valence-corrected chi connectivity index (χ4v) is 6.20. The average Bonchev–Trinajstić information content (AvgIpc) is 3.40. The lowest BCUT2D eigenvalue weighted by molar-refractivity contribution is 0.0508. The van der Waals surface area contributed by atoms with E-state index < -0.39 is 27.6 Å². The molecule has 2 saturated heterocycles. The maximum absolute atomic E-state index is 13.2. The number of nitrogens with one attached hydrogen (secondary N) is 2. The summed E-state index contributed by atoms with van der Waals surface area (Å²) < 4.78 is 33.9. The van der Waals surface area contributed by atoms with Gasteiger partial charge in [-0.25, -0.2) is 19.5 Å². The van der Waals surface area contributed by atoms with Crippen LogP contribution in [0.2, 0.25) is 0 Å². The van der Waals surface area contributed by atoms with E-state index in [1.165, 1.54) is 6.07 Å². The minimum absolute atomic E-state index is 0.164. The molecular weight excluding hydrogens is 520 g/mol. The minimum atomic E-state index is -4.27. The number of carbonyl (C=O) groups excluding carboxylic acids is 2. The number of ether oxygens (including phenoxy) is 1. The Bertz CT molecular complexity index is 1340. The number of aromatic nitrogens is 2. The van der Waals surface area contributed by atoms with Gasteiger partial charge in [0.2, 0.25) is 0 Å². The Balaban J connectivity index is 1.47. The van der Waals surface area contributed by atoms with Gasteiger partial charge in [-0.05, 0) is 77.6 Å². The van der Waals surface area contributed by atoms with Crippen molar-refractivity contribution in [3.05, 3.63) is 42.1 Å². The second-order valence-electron chi connectivity index (χ2n) is 12.0. The molecule has 12 heteroatoms. The lowest BCUT2D eigenvalue weighted by Crippen LogP contribution is -2.41. The van der Waals surface area contributed by atoms with E-state index in [1.54, 1.807) is 51.2 Å². The van der Waals surface area contributed by atoms with E-state index >= 15 is 0 Å². The van der Waals surface area contributed by atoms with Crippen LogP contribution < -0.4 is 19.8 Å². The van der Waals surface area contributed by atoms with Gasteiger partial charge in [0.05, 0.1) is 11.6 Å². The van der Waals surface area contributed by atoms with Crippen molar-refractivity contribution in [2.45, 2.75) is 76.6 Å². The van der Waals surface area contributed by atoms with Gasteiger partial charge in [0.1, 0.15) is 17.2 Å². The first-order valence-electron chi connectivity index (χ1n) is 13.2. The summed E-state index contributed by atoms with van der Waals surface area (Å²) in [4.78, 5) is 38.1. The van der Waals surface area contributed by atoms with Crippen molar-refractivity contribution in [2.24, 2.45) is 5.92 Å². The maximum Gasteiger partial charge on any atom is 0.407 e. The van der Waals surface area contributed by atoms with Crippen LogP contribution in [0.25, 0.3) is 0 Å². The second kappa shape index (κ2) is 10.6. The summed E-state index contributed by atoms with van der Waals surface area (Å²) in [6.45, 7) is 13.5. The van der Waals surface area contributed by atoms with Gasteiger partial charge in [0, 0.05) is 31.4 Å². The van der Waals surface area contributed by atoms with Gasteiger partial charge in [0.15, 0.2) is 5.03 Å². The number of hydrogen-bond donors (Lipinski definition) is 2. The smallest absolute Gasteiger partial charge is 0.407 e. The molecule has 0 radical (unpaired) electrons. The molecule has 11 nitrogen and oxygen atoms in total. The highest BCUT2D eigenvalue weighted by Gasteiger charge is 2.39. The predicted molar refractivity (Wildman–Crippen MR) is 148 cm³/mol. The summed E-state index contributed by atoms with van der Waals surface area (Å²) >= 11 is 0. The van der Waals surface area contributed by atoms with Crippen LogP contribution >= 0.6 is 0 Å². The lowest BCUT2D eigenvalue weighted by atomic mass is 9.97. The van der Waals surface area contributed by atoms with Crippen molar-refractivity contribution in [3.63, 3.8) is 0 Å². The first-order chi connectivity index (χ1) is 18.1. The molecule has 4 heterocycles. The largest absolute Gasteiger partial charge is 0.444 e. The fourth-order valence-electron chi connectivity index (χ4n) is 5.27. The molecule has 39 heavy (non-hydrogen) atoms. The van der Waals surface area contributed by atoms with Crippen molar-refractivity contribution < 1.29 is 22.7 Å². The van der Waals surface area contributed by atoms with Crippen LogP contribution in [0, 0.1) is 5.92 Å². The molecule has 2 aromatic heterocycles. The molecule has 2 aliphatic heterocycles. The molecule has 212 valence electrons. The topological polar surface area (TPSA) is 134 Å². The van der Waals surface area contributed by atoms with Gasteiger partial charge in [0.25, 0.3) is 15.9 Å². The second-order valence-corrected chi connectivity index (χ2v) is 13.6. The summed E-state index contributed by atoms with van der Waals surface area (Å²) in [5.74, 6) is 0.553. The zero-order chi connectivity index (χ0) is 28.6. The van der Waals surface area contributed by atoms with Crippen LogP contribution in [0.15, 0.2) is 41.6 Å². The SMILES string of the molecule is CC1CN(c2ncccc2C(=O)NS(=O)(=O)c2cccc(N3CC[C@@H](NC(=O)OC(C)(C)C)C3)n2)C(C)(C)C1. The molecule has 0 saturated carbocycles. The van der Waals surface area contributed by atoms with E-state index in [0.717, 1.165) is 13.0 Å². The monoisotopic (exact) mass is 558 g/mol. The molecule has 2 fully saturated rings. The number of anilines is 2. The fraction of sp³-hybridized carbons (Fsp3) is 0.556. The van der Waals surface area contributed by atoms with E-state index in [0.29, 0.717) is 37.1 Å². The quantitative estimate of drug-likeness (QED) is 0.548. The summed E-state index contributed by atoms with van der Waals surface area (Å²) in [5.41, 5.74) is -0.629. The molecule has 4 rings (SSSR count). The molecule has 0 bridgehead atoms. The molecule has 0 spiro atoms. The Labute approximate surface area is 230 Å². The maximum atomic E-state index is 13.2. The zero-order valence-electron chi connectivity index (χ0n) is 23.4. The zero-order valence-corrected chi connectivity index (χ0v) is 24.2. The molecule has 2 N–H and O–H groups in total. The highest BCUT2D eigenvalue weighted by Crippen LogP contribution is 2.37. The van der Waals surface area contributed by atoms with Gasteiger partial charge >= 0.3 is 6.09 Å². The van der Waals surface area contributed by atoms with E-state index in [-0.39, 0.29) is 22.2 Å². The standard InChI is InChI=1S/C27H38N6O5S/c1-18-15-27(5,6)33(16-18)23-20(9-8-13-28-23)24(34)31-39(36,37)22-11-7-10-21(30-22)32-14-12-19(17-32)29-25(35)38-26(2,3)4/h7-11,13,18-19H,12,14-17H2,1-6H3,(H,29,35)(H,31,34)/t18?,19-/m1/s1. The van der Waals surface area contributed by atoms with E-state index in [4.69, 9.17) is 4.74 Å². The van der Waals surface area contributed by atoms with Crippen molar-refractivity contribution in [2.75, 3.05) is 29.4 Å². The van der Waals surface area contributed by atoms with E-state index in [2.05, 4.69) is 45.7 Å². The van der Waals surface area contributed by atoms with Gasteiger partial charge in [-0.15, -0.1) is 0 Å². The number of rotatable bonds is 6. The van der Waals surface area contributed by atoms with E-state index in [9.17, 15) is 18.0 Å². The molecule has 1 unspecified atom stereocenters. The predicted octanol–water partition coefficient (Wildman–Crippen LogP) is 3.32. The minimum Gasteiger partial charge on any atom is -0.444 e. The number of nitrogens with zero attached hydrogens (tertiary/aromatic N) is 4. The number of alkyl carbamates (subject to hydrolysis) is 1. The Morgan fingerprint density at radius 3 is 2.54 bits per heavy atom. The van der Waals surface area contributed by atoms with Gasteiger partial charge in [-0.3, -0.25) is 4.79 Å². The Kier molecular flexibility index (Phi) is 7.79. The summed E-state index contributed by atoms with van der Waals surface area (Å²) in [6, 6.07) is 7.67. The van der Waals surface area contributed by atoms with Crippen LogP contribution in [0.1, 0.15) is 64.7 Å². The van der Waals surface area contributed by atoms with Crippen molar-refractivity contribution >= 4 is 33.7 Å². The molecule has 0 aliphatic carbocycles. The highest BCUT2D eigenvalue weighted by atomic mass is 32.2. The lowest BCUT2D eigenvalue weighted by Gasteiger charge is -2.33. The number of pyridine rings is 2. The van der Waals surface area contributed by atoms with Crippen LogP contribution in [0.5, 0.6) is 0 Å². The number of amides is 2. The summed E-state index contributed by atoms with van der Waals surface area (Å²) in [5, 5.41) is 2.58. The Morgan fingerprint density at radius 1 is 1.13 bits per heavy atom. The average molecular weight is 559 g/mol. The van der Waals surface area contributed by atoms with Crippen molar-refractivity contribution in [1.82, 2.24) is 20.0 Å². The first-order valence-corrected chi connectivity index (χ1v) is 14.6. The van der Waals surface area contributed by atoms with Gasteiger partial charge in [-0.1, -0.05) is 13.0 Å². The van der Waals surface area contributed by atoms with Crippen LogP contribution in [0.4, 0.5) is 16.4 Å². The molecule has 0 aromatic carbocycles. The van der Waals surface area contributed by atoms with E-state index in [1.807, 2.05) is 4.90 Å². The number of carbonyl (C=O) groups is 2. The third-order valence-electron chi connectivity index (χ3n) is 6.80.